The lowest BCUT2D eigenvalue weighted by Crippen LogP contribution is -2.37. The molecule has 0 atom stereocenters. The van der Waals surface area contributed by atoms with Crippen LogP contribution in [0.5, 0.6) is 0 Å². The molecule has 0 spiro atoms. The van der Waals surface area contributed by atoms with Crippen LogP contribution in [0.3, 0.4) is 0 Å². The average Bonchev–Trinajstić information content (AvgIpc) is 3.05. The highest BCUT2D eigenvalue weighted by atomic mass is 16.6. The van der Waals surface area contributed by atoms with E-state index >= 15 is 0 Å². The highest BCUT2D eigenvalue weighted by molar-refractivity contribution is 6.05. The number of pyridine rings is 1. The normalized spacial score (nSPS) is 15.0. The molecule has 0 radical (unpaired) electrons. The Balaban J connectivity index is 1.43. The fourth-order valence-electron chi connectivity index (χ4n) is 4.35. The molecule has 2 aliphatic rings. The van der Waals surface area contributed by atoms with Crippen molar-refractivity contribution in [3.8, 4) is 11.1 Å². The van der Waals surface area contributed by atoms with Crippen molar-refractivity contribution < 1.29 is 14.3 Å². The zero-order valence-electron chi connectivity index (χ0n) is 21.4. The predicted octanol–water partition coefficient (Wildman–Crippen LogP) is 3.89. The molecule has 9 heteroatoms. The Morgan fingerprint density at radius 2 is 1.97 bits per heavy atom. The van der Waals surface area contributed by atoms with Gasteiger partial charge in [-0.15, -0.1) is 0 Å². The monoisotopic (exact) mass is 504 g/mol. The molecule has 1 aromatic carbocycles. The number of nitrogens with one attached hydrogen (secondary N) is 1. The summed E-state index contributed by atoms with van der Waals surface area (Å²) in [6.45, 7) is 4.04. The first-order valence-electron chi connectivity index (χ1n) is 13.0. The molecule has 2 aromatic rings. The van der Waals surface area contributed by atoms with E-state index in [0.29, 0.717) is 44.0 Å². The van der Waals surface area contributed by atoms with Crippen LogP contribution in [-0.4, -0.2) is 53.5 Å². The largest absolute Gasteiger partial charge is 0.446 e. The maximum atomic E-state index is 13.5. The number of ether oxygens (including phenoxy) is 1. The molecule has 5 N–H and O–H groups in total. The van der Waals surface area contributed by atoms with Crippen LogP contribution >= 0.6 is 0 Å². The van der Waals surface area contributed by atoms with Crippen molar-refractivity contribution >= 4 is 29.6 Å². The van der Waals surface area contributed by atoms with Gasteiger partial charge in [-0.2, -0.15) is 0 Å². The SMILES string of the molecule is CCCN(CCCNC(=O)OC1CCC1)C(=O)C1=Cc2ccc(-c3ccc(CN)nc3)cc2N=C(N)C1. The van der Waals surface area contributed by atoms with Crippen LogP contribution in [0.25, 0.3) is 17.2 Å². The van der Waals surface area contributed by atoms with E-state index in [1.54, 1.807) is 6.20 Å². The molecular weight excluding hydrogens is 468 g/mol. The molecule has 1 aromatic heterocycles. The zero-order valence-corrected chi connectivity index (χ0v) is 21.4. The number of nitrogens with zero attached hydrogens (tertiary/aromatic N) is 3. The standard InChI is InChI=1S/C28H36N6O3/c1-2-12-34(13-4-11-31-28(36)37-24-5-3-6-24)27(35)22-14-20-8-7-19(15-25(20)33-26(30)16-22)21-9-10-23(17-29)32-18-21/h7-10,14-15,18,24H,2-6,11-13,16-17,29H2,1H3,(H2,30,33)(H,31,36). The molecule has 2 amide bonds. The van der Waals surface area contributed by atoms with Crippen molar-refractivity contribution in [3.63, 3.8) is 0 Å². The number of carbonyl (C=O) groups is 2. The van der Waals surface area contributed by atoms with Gasteiger partial charge in [0.15, 0.2) is 0 Å². The lowest BCUT2D eigenvalue weighted by Gasteiger charge is -2.25. The van der Waals surface area contributed by atoms with Gasteiger partial charge in [0, 0.05) is 55.5 Å². The number of aromatic nitrogens is 1. The summed E-state index contributed by atoms with van der Waals surface area (Å²) in [4.78, 5) is 36.1. The minimum absolute atomic E-state index is 0.0554. The first-order valence-corrected chi connectivity index (χ1v) is 13.0. The van der Waals surface area contributed by atoms with Gasteiger partial charge in [0.1, 0.15) is 11.9 Å². The molecule has 1 fully saturated rings. The van der Waals surface area contributed by atoms with Crippen LogP contribution in [0, 0.1) is 0 Å². The fourth-order valence-corrected chi connectivity index (χ4v) is 4.35. The molecule has 196 valence electrons. The quantitative estimate of drug-likeness (QED) is 0.420. The Labute approximate surface area is 218 Å². The summed E-state index contributed by atoms with van der Waals surface area (Å²) in [5, 5.41) is 2.79. The number of rotatable bonds is 10. The lowest BCUT2D eigenvalue weighted by molar-refractivity contribution is -0.127. The Morgan fingerprint density at radius 3 is 2.65 bits per heavy atom. The van der Waals surface area contributed by atoms with E-state index < -0.39 is 0 Å². The summed E-state index contributed by atoms with van der Waals surface area (Å²) in [5.74, 6) is 0.333. The van der Waals surface area contributed by atoms with Crippen LogP contribution in [-0.2, 0) is 16.1 Å². The first kappa shape index (κ1) is 26.3. The van der Waals surface area contributed by atoms with Crippen molar-refractivity contribution in [2.45, 2.75) is 58.1 Å². The fraction of sp³-hybridized carbons (Fsp3) is 0.429. The van der Waals surface area contributed by atoms with E-state index in [2.05, 4.69) is 15.3 Å². The van der Waals surface area contributed by atoms with Crippen molar-refractivity contribution in [3.05, 3.63) is 53.4 Å². The van der Waals surface area contributed by atoms with Gasteiger partial charge in [0.25, 0.3) is 0 Å². The lowest BCUT2D eigenvalue weighted by atomic mass is 9.96. The third-order valence-corrected chi connectivity index (χ3v) is 6.62. The van der Waals surface area contributed by atoms with E-state index in [1.165, 1.54) is 0 Å². The molecule has 0 unspecified atom stereocenters. The predicted molar refractivity (Wildman–Crippen MR) is 145 cm³/mol. The maximum Gasteiger partial charge on any atom is 0.407 e. The number of aliphatic imine (C=N–C) groups is 1. The number of amides is 2. The van der Waals surface area contributed by atoms with Gasteiger partial charge in [-0.25, -0.2) is 9.79 Å². The van der Waals surface area contributed by atoms with E-state index in [4.69, 9.17) is 16.2 Å². The smallest absolute Gasteiger partial charge is 0.407 e. The number of nitrogens with two attached hydrogens (primary N) is 2. The summed E-state index contributed by atoms with van der Waals surface area (Å²) in [5.41, 5.74) is 16.8. The zero-order chi connectivity index (χ0) is 26.2. The summed E-state index contributed by atoms with van der Waals surface area (Å²) in [6.07, 6.45) is 8.10. The van der Waals surface area contributed by atoms with Crippen LogP contribution < -0.4 is 16.8 Å². The molecule has 2 heterocycles. The molecule has 1 aliphatic carbocycles. The summed E-state index contributed by atoms with van der Waals surface area (Å²) < 4.78 is 5.31. The van der Waals surface area contributed by atoms with Gasteiger partial charge < -0.3 is 26.4 Å². The van der Waals surface area contributed by atoms with Crippen molar-refractivity contribution in [2.75, 3.05) is 19.6 Å². The van der Waals surface area contributed by atoms with E-state index in [1.807, 2.05) is 48.2 Å². The Hall–Kier alpha value is -3.72. The minimum Gasteiger partial charge on any atom is -0.446 e. The number of hydrogen-bond donors (Lipinski definition) is 3. The molecule has 0 bridgehead atoms. The Morgan fingerprint density at radius 1 is 1.16 bits per heavy atom. The van der Waals surface area contributed by atoms with Crippen LogP contribution in [0.1, 0.15) is 56.7 Å². The van der Waals surface area contributed by atoms with E-state index in [9.17, 15) is 9.59 Å². The van der Waals surface area contributed by atoms with Crippen molar-refractivity contribution in [1.82, 2.24) is 15.2 Å². The van der Waals surface area contributed by atoms with E-state index in [-0.39, 0.29) is 24.5 Å². The third-order valence-electron chi connectivity index (χ3n) is 6.62. The van der Waals surface area contributed by atoms with Gasteiger partial charge in [0.05, 0.1) is 11.4 Å². The van der Waals surface area contributed by atoms with E-state index in [0.717, 1.165) is 53.8 Å². The van der Waals surface area contributed by atoms with Gasteiger partial charge in [-0.05, 0) is 55.9 Å². The van der Waals surface area contributed by atoms with Gasteiger partial charge in [0.2, 0.25) is 5.91 Å². The second-order valence-electron chi connectivity index (χ2n) is 9.50. The molecule has 1 aliphatic heterocycles. The minimum atomic E-state index is -0.379. The topological polar surface area (TPSA) is 136 Å². The molecule has 9 nitrogen and oxygen atoms in total. The number of amidine groups is 1. The van der Waals surface area contributed by atoms with Gasteiger partial charge in [-0.3, -0.25) is 9.78 Å². The first-order chi connectivity index (χ1) is 18.0. The summed E-state index contributed by atoms with van der Waals surface area (Å²) in [6, 6.07) is 9.80. The second-order valence-corrected chi connectivity index (χ2v) is 9.50. The Kier molecular flexibility index (Phi) is 8.90. The number of fused-ring (bicyclic) bond motifs is 1. The number of benzene rings is 1. The molecule has 1 saturated carbocycles. The average molecular weight is 505 g/mol. The van der Waals surface area contributed by atoms with Crippen molar-refractivity contribution in [2.24, 2.45) is 16.5 Å². The number of carbonyl (C=O) groups excluding carboxylic acids is 2. The Bertz CT molecular complexity index is 1170. The molecular formula is C28H36N6O3. The number of alkyl carbamates (subject to hydrolysis) is 1. The van der Waals surface area contributed by atoms with Crippen LogP contribution in [0.4, 0.5) is 10.5 Å². The van der Waals surface area contributed by atoms with Gasteiger partial charge in [-0.1, -0.05) is 25.1 Å². The highest BCUT2D eigenvalue weighted by Crippen LogP contribution is 2.32. The molecule has 4 rings (SSSR count). The van der Waals surface area contributed by atoms with Crippen LogP contribution in [0.15, 0.2) is 47.1 Å². The second kappa shape index (κ2) is 12.5. The van der Waals surface area contributed by atoms with Crippen molar-refractivity contribution in [1.29, 1.82) is 0 Å². The molecule has 0 saturated heterocycles. The number of hydrogen-bond acceptors (Lipinski definition) is 7. The maximum absolute atomic E-state index is 13.5. The summed E-state index contributed by atoms with van der Waals surface area (Å²) in [7, 11) is 0. The molecule has 37 heavy (non-hydrogen) atoms. The summed E-state index contributed by atoms with van der Waals surface area (Å²) >= 11 is 0. The highest BCUT2D eigenvalue weighted by Gasteiger charge is 2.23. The third kappa shape index (κ3) is 6.95. The van der Waals surface area contributed by atoms with Crippen LogP contribution in [0.2, 0.25) is 0 Å². The van der Waals surface area contributed by atoms with Gasteiger partial charge >= 0.3 is 6.09 Å².